The van der Waals surface area contributed by atoms with Crippen LogP contribution in [0.2, 0.25) is 0 Å². The Bertz CT molecular complexity index is 790. The van der Waals surface area contributed by atoms with Gasteiger partial charge < -0.3 is 34.6 Å². The second kappa shape index (κ2) is 9.45. The van der Waals surface area contributed by atoms with E-state index in [1.165, 1.54) is 0 Å². The summed E-state index contributed by atoms with van der Waals surface area (Å²) in [6, 6.07) is 13.0. The second-order valence-corrected chi connectivity index (χ2v) is 7.27. The first-order chi connectivity index (χ1) is 14.0. The highest BCUT2D eigenvalue weighted by molar-refractivity contribution is 5.48. The van der Waals surface area contributed by atoms with Gasteiger partial charge in [0.25, 0.3) is 0 Å². The molecule has 0 bridgehead atoms. The van der Waals surface area contributed by atoms with Crippen LogP contribution in [0.15, 0.2) is 42.5 Å². The zero-order valence-corrected chi connectivity index (χ0v) is 16.6. The van der Waals surface area contributed by atoms with E-state index in [1.54, 1.807) is 26.4 Å². The Balaban J connectivity index is 1.87. The summed E-state index contributed by atoms with van der Waals surface area (Å²) in [5.41, 5.74) is 1.82. The van der Waals surface area contributed by atoms with Crippen LogP contribution in [0, 0.1) is 5.92 Å². The molecule has 1 aliphatic rings. The van der Waals surface area contributed by atoms with Crippen LogP contribution in [0.1, 0.15) is 17.5 Å². The smallest absolute Gasteiger partial charge is 0.128 e. The molecule has 0 unspecified atom stereocenters. The lowest BCUT2D eigenvalue weighted by Gasteiger charge is -2.40. The number of aliphatic hydroxyl groups is 4. The van der Waals surface area contributed by atoms with Gasteiger partial charge in [-0.05, 0) is 36.2 Å². The minimum atomic E-state index is -1.39. The van der Waals surface area contributed by atoms with Crippen LogP contribution >= 0.6 is 0 Å². The Labute approximate surface area is 170 Å². The maximum absolute atomic E-state index is 10.4. The van der Waals surface area contributed by atoms with Gasteiger partial charge in [-0.1, -0.05) is 18.2 Å². The Morgan fingerprint density at radius 2 is 1.55 bits per heavy atom. The minimum absolute atomic E-state index is 0.217. The van der Waals surface area contributed by atoms with Crippen LogP contribution in [-0.4, -0.2) is 65.7 Å². The maximum atomic E-state index is 10.4. The van der Waals surface area contributed by atoms with Gasteiger partial charge in [0.1, 0.15) is 35.6 Å². The first kappa shape index (κ1) is 21.4. The number of rotatable bonds is 7. The zero-order valence-electron chi connectivity index (χ0n) is 16.6. The summed E-state index contributed by atoms with van der Waals surface area (Å²) >= 11 is 0. The number of benzene rings is 2. The monoisotopic (exact) mass is 404 g/mol. The van der Waals surface area contributed by atoms with Crippen molar-refractivity contribution in [2.24, 2.45) is 5.92 Å². The average Bonchev–Trinajstić information content (AvgIpc) is 2.75. The lowest BCUT2D eigenvalue weighted by atomic mass is 9.81. The van der Waals surface area contributed by atoms with Crippen LogP contribution in [0.5, 0.6) is 17.2 Å². The highest BCUT2D eigenvalue weighted by Crippen LogP contribution is 2.35. The molecule has 1 aliphatic carbocycles. The van der Waals surface area contributed by atoms with Gasteiger partial charge in [0.2, 0.25) is 0 Å². The van der Waals surface area contributed by atoms with E-state index in [9.17, 15) is 20.4 Å². The molecule has 2 aromatic rings. The molecule has 1 saturated carbocycles. The highest BCUT2D eigenvalue weighted by Gasteiger charge is 2.43. The van der Waals surface area contributed by atoms with Crippen molar-refractivity contribution in [3.8, 4) is 17.2 Å². The summed E-state index contributed by atoms with van der Waals surface area (Å²) < 4.78 is 16.8. The van der Waals surface area contributed by atoms with Crippen molar-refractivity contribution in [1.82, 2.24) is 0 Å². The van der Waals surface area contributed by atoms with E-state index >= 15 is 0 Å². The minimum Gasteiger partial charge on any atom is -0.497 e. The Morgan fingerprint density at radius 3 is 2.17 bits per heavy atom. The highest BCUT2D eigenvalue weighted by atomic mass is 16.5. The molecule has 2 aromatic carbocycles. The first-order valence-electron chi connectivity index (χ1n) is 9.59. The van der Waals surface area contributed by atoms with E-state index in [2.05, 4.69) is 0 Å². The average molecular weight is 404 g/mol. The van der Waals surface area contributed by atoms with Crippen molar-refractivity contribution in [3.63, 3.8) is 0 Å². The topological polar surface area (TPSA) is 109 Å². The first-order valence-corrected chi connectivity index (χ1v) is 9.59. The molecule has 4 N–H and O–H groups in total. The molecule has 1 fully saturated rings. The van der Waals surface area contributed by atoms with Gasteiger partial charge in [0.05, 0.1) is 20.3 Å². The fraction of sp³-hybridized carbons (Fsp3) is 0.455. The Morgan fingerprint density at radius 1 is 0.862 bits per heavy atom. The van der Waals surface area contributed by atoms with Crippen molar-refractivity contribution in [1.29, 1.82) is 0 Å². The quantitative estimate of drug-likeness (QED) is 0.548. The van der Waals surface area contributed by atoms with E-state index in [-0.39, 0.29) is 13.0 Å². The standard InChI is InChI=1S/C22H28O7/c1-27-15-8-6-13(7-9-15)10-16-17(28-2)4-3-5-18(16)29-19-11-14(12-23)20(24)22(26)21(19)25/h3-9,14,19-26H,10-12H2,1-2H3/t14-,19-,20-,21+,22+/m1/s1. The molecule has 158 valence electrons. The molecule has 7 heteroatoms. The molecule has 0 amide bonds. The van der Waals surface area contributed by atoms with E-state index < -0.39 is 30.3 Å². The molecule has 0 heterocycles. The SMILES string of the molecule is COc1ccc(Cc2c(OC)cccc2O[C@@H]2C[C@H](CO)[C@@H](O)[C@H](O)[C@H]2O)cc1. The molecule has 5 atom stereocenters. The third-order valence-electron chi connectivity index (χ3n) is 5.46. The predicted molar refractivity (Wildman–Crippen MR) is 106 cm³/mol. The molecule has 0 radical (unpaired) electrons. The van der Waals surface area contributed by atoms with Crippen LogP contribution in [0.4, 0.5) is 0 Å². The van der Waals surface area contributed by atoms with Crippen LogP contribution in [0.3, 0.4) is 0 Å². The number of hydrogen-bond acceptors (Lipinski definition) is 7. The lowest BCUT2D eigenvalue weighted by molar-refractivity contribution is -0.157. The number of ether oxygens (including phenoxy) is 3. The summed E-state index contributed by atoms with van der Waals surface area (Å²) in [7, 11) is 3.19. The molecule has 0 saturated heterocycles. The Kier molecular flexibility index (Phi) is 6.97. The summed E-state index contributed by atoms with van der Waals surface area (Å²) in [6.45, 7) is -0.304. The molecule has 0 spiro atoms. The van der Waals surface area contributed by atoms with Crippen LogP contribution in [-0.2, 0) is 6.42 Å². The van der Waals surface area contributed by atoms with E-state index in [4.69, 9.17) is 14.2 Å². The van der Waals surface area contributed by atoms with E-state index in [1.807, 2.05) is 30.3 Å². The van der Waals surface area contributed by atoms with Gasteiger partial charge in [-0.2, -0.15) is 0 Å². The summed E-state index contributed by atoms with van der Waals surface area (Å²) in [5, 5.41) is 40.0. The van der Waals surface area contributed by atoms with Gasteiger partial charge in [-0.25, -0.2) is 0 Å². The second-order valence-electron chi connectivity index (χ2n) is 7.27. The molecular formula is C22H28O7. The third-order valence-corrected chi connectivity index (χ3v) is 5.46. The van der Waals surface area contributed by atoms with Crippen LogP contribution in [0.25, 0.3) is 0 Å². The van der Waals surface area contributed by atoms with E-state index in [0.717, 1.165) is 16.9 Å². The molecular weight excluding hydrogens is 376 g/mol. The fourth-order valence-electron chi connectivity index (χ4n) is 3.71. The summed E-state index contributed by atoms with van der Waals surface area (Å²) in [5.74, 6) is 1.35. The molecule has 29 heavy (non-hydrogen) atoms. The lowest BCUT2D eigenvalue weighted by Crippen LogP contribution is -2.56. The van der Waals surface area contributed by atoms with Gasteiger partial charge in [-0.3, -0.25) is 0 Å². The van der Waals surface area contributed by atoms with Crippen molar-refractivity contribution in [2.45, 2.75) is 37.3 Å². The number of aliphatic hydroxyl groups excluding tert-OH is 4. The van der Waals surface area contributed by atoms with Gasteiger partial charge >= 0.3 is 0 Å². The summed E-state index contributed by atoms with van der Waals surface area (Å²) in [4.78, 5) is 0. The van der Waals surface area contributed by atoms with Crippen molar-refractivity contribution >= 4 is 0 Å². The predicted octanol–water partition coefficient (Wildman–Crippen LogP) is 1.14. The molecule has 0 aliphatic heterocycles. The van der Waals surface area contributed by atoms with E-state index in [0.29, 0.717) is 17.9 Å². The maximum Gasteiger partial charge on any atom is 0.128 e. The third kappa shape index (κ3) is 4.64. The molecule has 7 nitrogen and oxygen atoms in total. The number of methoxy groups -OCH3 is 2. The zero-order chi connectivity index (χ0) is 21.0. The normalized spacial score (nSPS) is 26.8. The fourth-order valence-corrected chi connectivity index (χ4v) is 3.71. The van der Waals surface area contributed by atoms with Crippen molar-refractivity contribution < 1.29 is 34.6 Å². The molecule has 0 aromatic heterocycles. The Hall–Kier alpha value is -2.32. The number of hydrogen-bond donors (Lipinski definition) is 4. The van der Waals surface area contributed by atoms with Crippen molar-refractivity contribution in [2.75, 3.05) is 20.8 Å². The molecule has 3 rings (SSSR count). The van der Waals surface area contributed by atoms with Crippen molar-refractivity contribution in [3.05, 3.63) is 53.6 Å². The van der Waals surface area contributed by atoms with Gasteiger partial charge in [0, 0.05) is 24.5 Å². The van der Waals surface area contributed by atoms with Crippen LogP contribution < -0.4 is 14.2 Å². The summed E-state index contributed by atoms with van der Waals surface area (Å²) in [6.07, 6.45) is -3.88. The largest absolute Gasteiger partial charge is 0.497 e. The van der Waals surface area contributed by atoms with Gasteiger partial charge in [0.15, 0.2) is 0 Å². The van der Waals surface area contributed by atoms with Gasteiger partial charge in [-0.15, -0.1) is 0 Å².